The fraction of sp³-hybridized carbons (Fsp3) is 0.423. The smallest absolute Gasteiger partial charge is 0.177 e. The SMILES string of the molecule is CC(C)(C)C(/C=C\c1ccc(Cl)cc1Cl)n1nnnc1C1(Nc2ccc(Cl)cc2)CCCCC1. The van der Waals surface area contributed by atoms with Gasteiger partial charge in [-0.3, -0.25) is 0 Å². The van der Waals surface area contributed by atoms with Crippen molar-refractivity contribution in [3.8, 4) is 0 Å². The van der Waals surface area contributed by atoms with Crippen molar-refractivity contribution in [1.29, 1.82) is 0 Å². The minimum absolute atomic E-state index is 0.0879. The second-order valence-corrected chi connectivity index (χ2v) is 11.3. The standard InChI is InChI=1S/C26H30Cl3N5/c1-25(2,3)23(14-8-18-7-9-20(28)17-22(18)29)34-24(31-32-33-34)26(15-5-4-6-16-26)30-21-12-10-19(27)11-13-21/h7-14,17,23,30H,4-6,15-16H2,1-3H3/b14-8-. The molecule has 8 heteroatoms. The van der Waals surface area contributed by atoms with Crippen molar-refractivity contribution in [2.24, 2.45) is 5.41 Å². The van der Waals surface area contributed by atoms with Gasteiger partial charge in [-0.25, -0.2) is 4.68 Å². The van der Waals surface area contributed by atoms with Crippen LogP contribution in [0.2, 0.25) is 15.1 Å². The van der Waals surface area contributed by atoms with Gasteiger partial charge in [-0.1, -0.05) is 93.1 Å². The first kappa shape index (κ1) is 25.0. The van der Waals surface area contributed by atoms with Crippen LogP contribution in [-0.4, -0.2) is 20.2 Å². The molecule has 34 heavy (non-hydrogen) atoms. The predicted octanol–water partition coefficient (Wildman–Crippen LogP) is 8.21. The van der Waals surface area contributed by atoms with E-state index in [9.17, 15) is 0 Å². The van der Waals surface area contributed by atoms with Gasteiger partial charge in [0, 0.05) is 20.8 Å². The maximum Gasteiger partial charge on any atom is 0.177 e. The Hall–Kier alpha value is -2.08. The Morgan fingerprint density at radius 1 is 0.971 bits per heavy atom. The summed E-state index contributed by atoms with van der Waals surface area (Å²) >= 11 is 18.6. The molecule has 0 radical (unpaired) electrons. The van der Waals surface area contributed by atoms with E-state index in [1.54, 1.807) is 6.07 Å². The Kier molecular flexibility index (Phi) is 7.56. The van der Waals surface area contributed by atoms with Crippen LogP contribution in [0.15, 0.2) is 48.5 Å². The molecule has 1 N–H and O–H groups in total. The molecular weight excluding hydrogens is 489 g/mol. The second kappa shape index (κ2) is 10.3. The lowest BCUT2D eigenvalue weighted by Gasteiger charge is -2.39. The average Bonchev–Trinajstić information content (AvgIpc) is 3.27. The van der Waals surface area contributed by atoms with Crippen LogP contribution in [0.3, 0.4) is 0 Å². The summed E-state index contributed by atoms with van der Waals surface area (Å²) in [6.45, 7) is 6.57. The van der Waals surface area contributed by atoms with Crippen LogP contribution < -0.4 is 5.32 Å². The Balaban J connectivity index is 1.74. The van der Waals surface area contributed by atoms with Gasteiger partial charge in [-0.2, -0.15) is 0 Å². The molecule has 3 aromatic rings. The molecular formula is C26H30Cl3N5. The third kappa shape index (κ3) is 5.59. The van der Waals surface area contributed by atoms with Gasteiger partial charge in [-0.15, -0.1) is 5.10 Å². The minimum atomic E-state index is -0.356. The molecule has 4 rings (SSSR count). The molecule has 1 fully saturated rings. The molecule has 1 heterocycles. The van der Waals surface area contributed by atoms with Crippen molar-refractivity contribution < 1.29 is 0 Å². The van der Waals surface area contributed by atoms with Crippen LogP contribution in [0, 0.1) is 5.41 Å². The molecule has 1 aliphatic carbocycles. The summed E-state index contributed by atoms with van der Waals surface area (Å²) in [6, 6.07) is 13.3. The minimum Gasteiger partial charge on any atom is -0.373 e. The Bertz CT molecular complexity index is 1140. The third-order valence-electron chi connectivity index (χ3n) is 6.43. The molecule has 1 aromatic heterocycles. The molecule has 1 atom stereocenters. The van der Waals surface area contributed by atoms with E-state index >= 15 is 0 Å². The third-order valence-corrected chi connectivity index (χ3v) is 7.24. The lowest BCUT2D eigenvalue weighted by atomic mass is 9.79. The number of rotatable bonds is 6. The number of tetrazole rings is 1. The molecule has 0 aliphatic heterocycles. The van der Waals surface area contributed by atoms with E-state index in [4.69, 9.17) is 34.8 Å². The highest BCUT2D eigenvalue weighted by Crippen LogP contribution is 2.42. The summed E-state index contributed by atoms with van der Waals surface area (Å²) in [5, 5.41) is 18.9. The Labute approximate surface area is 216 Å². The number of hydrogen-bond donors (Lipinski definition) is 1. The van der Waals surface area contributed by atoms with Crippen molar-refractivity contribution in [2.75, 3.05) is 5.32 Å². The van der Waals surface area contributed by atoms with Crippen LogP contribution in [0.25, 0.3) is 6.08 Å². The number of allylic oxidation sites excluding steroid dienone is 1. The van der Waals surface area contributed by atoms with Crippen LogP contribution in [-0.2, 0) is 5.54 Å². The van der Waals surface area contributed by atoms with Gasteiger partial charge in [0.25, 0.3) is 0 Å². The number of anilines is 1. The molecule has 1 saturated carbocycles. The topological polar surface area (TPSA) is 55.6 Å². The first-order chi connectivity index (χ1) is 16.2. The highest BCUT2D eigenvalue weighted by molar-refractivity contribution is 6.35. The van der Waals surface area contributed by atoms with Gasteiger partial charge in [0.2, 0.25) is 0 Å². The predicted molar refractivity (Wildman–Crippen MR) is 142 cm³/mol. The summed E-state index contributed by atoms with van der Waals surface area (Å²) in [6.07, 6.45) is 9.52. The normalized spacial score (nSPS) is 17.1. The summed E-state index contributed by atoms with van der Waals surface area (Å²) < 4.78 is 1.98. The van der Waals surface area contributed by atoms with Gasteiger partial charge in [0.15, 0.2) is 5.82 Å². The molecule has 5 nitrogen and oxygen atoms in total. The highest BCUT2D eigenvalue weighted by Gasteiger charge is 2.41. The molecule has 180 valence electrons. The number of benzene rings is 2. The highest BCUT2D eigenvalue weighted by atomic mass is 35.5. The summed E-state index contributed by atoms with van der Waals surface area (Å²) in [5.74, 6) is 0.855. The molecule has 1 aliphatic rings. The fourth-order valence-corrected chi connectivity index (χ4v) is 5.23. The summed E-state index contributed by atoms with van der Waals surface area (Å²) in [5.41, 5.74) is 1.42. The Morgan fingerprint density at radius 2 is 1.65 bits per heavy atom. The van der Waals surface area contributed by atoms with Crippen molar-refractivity contribution in [1.82, 2.24) is 20.2 Å². The summed E-state index contributed by atoms with van der Waals surface area (Å²) in [4.78, 5) is 0. The molecule has 2 aromatic carbocycles. The van der Waals surface area contributed by atoms with Crippen LogP contribution in [0.1, 0.15) is 70.3 Å². The maximum absolute atomic E-state index is 6.43. The van der Waals surface area contributed by atoms with Crippen molar-refractivity contribution in [3.63, 3.8) is 0 Å². The van der Waals surface area contributed by atoms with E-state index in [0.29, 0.717) is 15.1 Å². The molecule has 1 unspecified atom stereocenters. The van der Waals surface area contributed by atoms with E-state index < -0.39 is 0 Å². The van der Waals surface area contributed by atoms with E-state index in [-0.39, 0.29) is 17.0 Å². The second-order valence-electron chi connectivity index (χ2n) is 10.1. The fourth-order valence-electron chi connectivity index (χ4n) is 4.63. The average molecular weight is 519 g/mol. The van der Waals surface area contributed by atoms with E-state index in [2.05, 4.69) is 47.7 Å². The molecule has 0 bridgehead atoms. The maximum atomic E-state index is 6.43. The van der Waals surface area contributed by atoms with Gasteiger partial charge in [-0.05, 0) is 70.6 Å². The van der Waals surface area contributed by atoms with Crippen LogP contribution in [0.5, 0.6) is 0 Å². The molecule has 0 amide bonds. The quantitative estimate of drug-likeness (QED) is 0.357. The van der Waals surface area contributed by atoms with Gasteiger partial charge >= 0.3 is 0 Å². The lowest BCUT2D eigenvalue weighted by molar-refractivity contribution is 0.237. The van der Waals surface area contributed by atoms with E-state index in [1.807, 2.05) is 47.2 Å². The zero-order valence-electron chi connectivity index (χ0n) is 19.7. The van der Waals surface area contributed by atoms with Gasteiger partial charge < -0.3 is 5.32 Å². The number of aromatic nitrogens is 4. The number of hydrogen-bond acceptors (Lipinski definition) is 4. The largest absolute Gasteiger partial charge is 0.373 e. The Morgan fingerprint density at radius 3 is 2.29 bits per heavy atom. The van der Waals surface area contributed by atoms with E-state index in [0.717, 1.165) is 42.8 Å². The van der Waals surface area contributed by atoms with Crippen molar-refractivity contribution in [2.45, 2.75) is 64.5 Å². The van der Waals surface area contributed by atoms with Gasteiger partial charge in [0.1, 0.15) is 0 Å². The van der Waals surface area contributed by atoms with Crippen LogP contribution >= 0.6 is 34.8 Å². The number of halogens is 3. The van der Waals surface area contributed by atoms with Crippen molar-refractivity contribution >= 4 is 46.6 Å². The first-order valence-electron chi connectivity index (χ1n) is 11.6. The summed E-state index contributed by atoms with van der Waals surface area (Å²) in [7, 11) is 0. The number of nitrogens with one attached hydrogen (secondary N) is 1. The van der Waals surface area contributed by atoms with Crippen LogP contribution in [0.4, 0.5) is 5.69 Å². The van der Waals surface area contributed by atoms with Crippen molar-refractivity contribution in [3.05, 3.63) is 75.0 Å². The van der Waals surface area contributed by atoms with E-state index in [1.165, 1.54) is 6.42 Å². The zero-order valence-corrected chi connectivity index (χ0v) is 22.0. The number of nitrogens with zero attached hydrogens (tertiary/aromatic N) is 4. The zero-order chi connectivity index (χ0) is 24.3. The molecule has 0 spiro atoms. The monoisotopic (exact) mass is 517 g/mol. The molecule has 0 saturated heterocycles. The van der Waals surface area contributed by atoms with Gasteiger partial charge in [0.05, 0.1) is 11.6 Å². The lowest BCUT2D eigenvalue weighted by Crippen LogP contribution is -2.42. The first-order valence-corrected chi connectivity index (χ1v) is 12.8.